The number of esters is 1. The van der Waals surface area contributed by atoms with Crippen LogP contribution in [0.5, 0.6) is 0 Å². The second-order valence-corrected chi connectivity index (χ2v) is 7.94. The summed E-state index contributed by atoms with van der Waals surface area (Å²) in [4.78, 5) is 11.3. The highest BCUT2D eigenvalue weighted by atomic mass is 35.5. The Hall–Kier alpha value is -1.14. The molecule has 0 bridgehead atoms. The lowest BCUT2D eigenvalue weighted by Gasteiger charge is -2.14. The number of sulfone groups is 1. The largest absolute Gasteiger partial charge is 0.469 e. The highest BCUT2D eigenvalue weighted by Crippen LogP contribution is 2.50. The minimum atomic E-state index is -3.48. The van der Waals surface area contributed by atoms with E-state index in [-0.39, 0.29) is 28.5 Å². The zero-order valence-electron chi connectivity index (χ0n) is 11.6. The van der Waals surface area contributed by atoms with Gasteiger partial charge >= 0.3 is 5.97 Å². The topological polar surface area (TPSA) is 60.4 Å². The Balaban J connectivity index is 2.09. The van der Waals surface area contributed by atoms with Crippen LogP contribution in [0, 0.1) is 11.2 Å². The summed E-state index contributed by atoms with van der Waals surface area (Å²) >= 11 is 5.78. The summed E-state index contributed by atoms with van der Waals surface area (Å²) < 4.78 is 42.4. The molecular formula is C14H16ClFO4S. The summed E-state index contributed by atoms with van der Waals surface area (Å²) in [5.41, 5.74) is -0.281. The lowest BCUT2D eigenvalue weighted by Crippen LogP contribution is -2.22. The number of carbonyl (C=O) groups excluding carboxylic acids is 1. The lowest BCUT2D eigenvalue weighted by molar-refractivity contribution is -0.141. The maximum atomic E-state index is 13.3. The van der Waals surface area contributed by atoms with Crippen molar-refractivity contribution in [3.63, 3.8) is 0 Å². The number of carbonyl (C=O) groups is 1. The van der Waals surface area contributed by atoms with Crippen LogP contribution in [0.3, 0.4) is 0 Å². The average Bonchev–Trinajstić information content (AvgIpc) is 3.13. The Morgan fingerprint density at radius 2 is 2.10 bits per heavy atom. The van der Waals surface area contributed by atoms with Crippen LogP contribution < -0.4 is 0 Å². The van der Waals surface area contributed by atoms with Crippen LogP contribution in [0.1, 0.15) is 24.8 Å². The SMILES string of the molecule is COC(=O)CC1(CS(=O)(=O)Cc2cccc(F)c2Cl)CC1. The van der Waals surface area contributed by atoms with E-state index in [1.807, 2.05) is 0 Å². The summed E-state index contributed by atoms with van der Waals surface area (Å²) in [5.74, 6) is -1.49. The number of halogens is 2. The van der Waals surface area contributed by atoms with E-state index in [4.69, 9.17) is 11.6 Å². The molecule has 0 unspecified atom stereocenters. The first-order chi connectivity index (χ1) is 9.77. The van der Waals surface area contributed by atoms with Crippen molar-refractivity contribution in [3.05, 3.63) is 34.6 Å². The van der Waals surface area contributed by atoms with Gasteiger partial charge in [-0.2, -0.15) is 0 Å². The van der Waals surface area contributed by atoms with Gasteiger partial charge in [-0.3, -0.25) is 4.79 Å². The molecule has 2 rings (SSSR count). The maximum absolute atomic E-state index is 13.3. The molecule has 1 aliphatic rings. The number of methoxy groups -OCH3 is 1. The molecule has 7 heteroatoms. The Morgan fingerprint density at radius 1 is 1.43 bits per heavy atom. The van der Waals surface area contributed by atoms with Crippen molar-refractivity contribution in [2.24, 2.45) is 5.41 Å². The molecule has 1 aliphatic carbocycles. The zero-order chi connectivity index (χ0) is 15.7. The molecule has 116 valence electrons. The smallest absolute Gasteiger partial charge is 0.306 e. The fraction of sp³-hybridized carbons (Fsp3) is 0.500. The van der Waals surface area contributed by atoms with Crippen molar-refractivity contribution < 1.29 is 22.3 Å². The van der Waals surface area contributed by atoms with Gasteiger partial charge in [-0.05, 0) is 29.9 Å². The fourth-order valence-electron chi connectivity index (χ4n) is 2.34. The minimum absolute atomic E-state index is 0.0968. The third kappa shape index (κ3) is 4.17. The predicted octanol–water partition coefficient (Wildman–Crippen LogP) is 2.74. The Kier molecular flexibility index (Phi) is 4.58. The monoisotopic (exact) mass is 334 g/mol. The van der Waals surface area contributed by atoms with E-state index in [2.05, 4.69) is 4.74 Å². The van der Waals surface area contributed by atoms with E-state index in [1.54, 1.807) is 0 Å². The molecule has 0 aliphatic heterocycles. The van der Waals surface area contributed by atoms with E-state index in [1.165, 1.54) is 25.3 Å². The van der Waals surface area contributed by atoms with Gasteiger partial charge < -0.3 is 4.74 Å². The average molecular weight is 335 g/mol. The van der Waals surface area contributed by atoms with Gasteiger partial charge in [0.05, 0.1) is 30.1 Å². The quantitative estimate of drug-likeness (QED) is 0.750. The van der Waals surface area contributed by atoms with Gasteiger partial charge in [0.15, 0.2) is 9.84 Å². The second kappa shape index (κ2) is 5.93. The Morgan fingerprint density at radius 3 is 2.67 bits per heavy atom. The standard InChI is InChI=1S/C14H16ClFO4S/c1-20-12(17)7-14(5-6-14)9-21(18,19)8-10-3-2-4-11(16)13(10)15/h2-4H,5-9H2,1H3. The summed E-state index contributed by atoms with van der Waals surface area (Å²) in [6, 6.07) is 4.09. The van der Waals surface area contributed by atoms with Crippen LogP contribution in [0.2, 0.25) is 5.02 Å². The van der Waals surface area contributed by atoms with Gasteiger partial charge in [-0.25, -0.2) is 12.8 Å². The molecule has 1 aromatic carbocycles. The van der Waals surface area contributed by atoms with Crippen molar-refractivity contribution in [3.8, 4) is 0 Å². The summed E-state index contributed by atoms with van der Waals surface area (Å²) in [6.45, 7) is 0. The van der Waals surface area contributed by atoms with Crippen molar-refractivity contribution in [1.82, 2.24) is 0 Å². The lowest BCUT2D eigenvalue weighted by atomic mass is 10.1. The Labute approximate surface area is 128 Å². The predicted molar refractivity (Wildman–Crippen MR) is 77.2 cm³/mol. The normalized spacial score (nSPS) is 16.5. The van der Waals surface area contributed by atoms with E-state index in [0.717, 1.165) is 0 Å². The number of ether oxygens (including phenoxy) is 1. The summed E-state index contributed by atoms with van der Waals surface area (Å²) in [5, 5.41) is -0.168. The van der Waals surface area contributed by atoms with Crippen molar-refractivity contribution in [1.29, 1.82) is 0 Å². The number of benzene rings is 1. The third-order valence-electron chi connectivity index (χ3n) is 3.64. The van der Waals surface area contributed by atoms with Gasteiger partial charge in [-0.1, -0.05) is 23.7 Å². The molecule has 1 aromatic rings. The molecule has 0 saturated heterocycles. The van der Waals surface area contributed by atoms with Crippen molar-refractivity contribution >= 4 is 27.4 Å². The highest BCUT2D eigenvalue weighted by molar-refractivity contribution is 7.90. The molecule has 1 saturated carbocycles. The third-order valence-corrected chi connectivity index (χ3v) is 5.86. The number of rotatable bonds is 6. The molecule has 4 nitrogen and oxygen atoms in total. The molecule has 0 spiro atoms. The molecule has 0 amide bonds. The molecule has 1 fully saturated rings. The van der Waals surface area contributed by atoms with Gasteiger partial charge in [0.2, 0.25) is 0 Å². The Bertz CT molecular complexity index is 653. The van der Waals surface area contributed by atoms with Gasteiger partial charge in [0.1, 0.15) is 5.82 Å². The molecule has 0 aromatic heterocycles. The maximum Gasteiger partial charge on any atom is 0.306 e. The fourth-order valence-corrected chi connectivity index (χ4v) is 4.75. The molecule has 0 radical (unpaired) electrons. The minimum Gasteiger partial charge on any atom is -0.469 e. The van der Waals surface area contributed by atoms with Gasteiger partial charge in [0, 0.05) is 0 Å². The van der Waals surface area contributed by atoms with Gasteiger partial charge in [-0.15, -0.1) is 0 Å². The van der Waals surface area contributed by atoms with E-state index in [0.29, 0.717) is 12.8 Å². The molecule has 0 atom stereocenters. The number of hydrogen-bond acceptors (Lipinski definition) is 4. The first-order valence-corrected chi connectivity index (χ1v) is 8.67. The number of hydrogen-bond donors (Lipinski definition) is 0. The van der Waals surface area contributed by atoms with Gasteiger partial charge in [0.25, 0.3) is 0 Å². The summed E-state index contributed by atoms with van der Waals surface area (Å²) in [7, 11) is -2.20. The highest BCUT2D eigenvalue weighted by Gasteiger charge is 2.47. The molecule has 0 heterocycles. The zero-order valence-corrected chi connectivity index (χ0v) is 13.1. The molecule has 0 N–H and O–H groups in total. The van der Waals surface area contributed by atoms with Crippen LogP contribution in [-0.2, 0) is 25.1 Å². The molecule has 21 heavy (non-hydrogen) atoms. The summed E-state index contributed by atoms with van der Waals surface area (Å²) in [6.07, 6.45) is 1.45. The van der Waals surface area contributed by atoms with Crippen LogP contribution in [0.15, 0.2) is 18.2 Å². The second-order valence-electron chi connectivity index (χ2n) is 5.50. The van der Waals surface area contributed by atoms with Crippen LogP contribution in [0.4, 0.5) is 4.39 Å². The van der Waals surface area contributed by atoms with Crippen molar-refractivity contribution in [2.75, 3.05) is 12.9 Å². The van der Waals surface area contributed by atoms with E-state index < -0.39 is 27.0 Å². The molecular weight excluding hydrogens is 319 g/mol. The van der Waals surface area contributed by atoms with Crippen LogP contribution in [-0.4, -0.2) is 27.2 Å². The van der Waals surface area contributed by atoms with E-state index >= 15 is 0 Å². The first kappa shape index (κ1) is 16.2. The van der Waals surface area contributed by atoms with Crippen LogP contribution in [0.25, 0.3) is 0 Å². The first-order valence-electron chi connectivity index (χ1n) is 6.47. The van der Waals surface area contributed by atoms with Crippen molar-refractivity contribution in [2.45, 2.75) is 25.0 Å². The van der Waals surface area contributed by atoms with Crippen LogP contribution >= 0.6 is 11.6 Å². The van der Waals surface area contributed by atoms with E-state index in [9.17, 15) is 17.6 Å².